The highest BCUT2D eigenvalue weighted by molar-refractivity contribution is 9.39. The Balaban J connectivity index is 3.68. The van der Waals surface area contributed by atoms with Gasteiger partial charge in [0.25, 0.3) is 0 Å². The highest BCUT2D eigenvalue weighted by Crippen LogP contribution is 2.57. The summed E-state index contributed by atoms with van der Waals surface area (Å²) >= 11 is 30.9. The van der Waals surface area contributed by atoms with Crippen molar-refractivity contribution in [1.82, 2.24) is 0 Å². The van der Waals surface area contributed by atoms with Crippen LogP contribution in [0.2, 0.25) is 0 Å². The maximum Gasteiger partial charge on any atom is 0.163 e. The van der Waals surface area contributed by atoms with Crippen LogP contribution < -0.4 is 0 Å². The maximum absolute atomic E-state index is 10.4. The molecule has 0 atom stereocenters. The average Bonchev–Trinajstić information content (AvgIpc) is 2.11. The summed E-state index contributed by atoms with van der Waals surface area (Å²) in [6.45, 7) is 0. The van der Waals surface area contributed by atoms with Gasteiger partial charge < -0.3 is 5.11 Å². The molecule has 19 heavy (non-hydrogen) atoms. The molecule has 0 spiro atoms. The first-order valence-corrected chi connectivity index (χ1v) is 11.5. The number of rotatable bonds is 0. The Labute approximate surface area is 186 Å². The first kappa shape index (κ1) is 20.4. The van der Waals surface area contributed by atoms with Gasteiger partial charge in [0.05, 0.1) is 0 Å². The highest BCUT2D eigenvalue weighted by Gasteiger charge is 2.35. The van der Waals surface area contributed by atoms with Gasteiger partial charge in [-0.1, -0.05) is 143 Å². The molecule has 10 heteroatoms. The summed E-state index contributed by atoms with van der Waals surface area (Å²) in [5, 5.41) is 10.4. The van der Waals surface area contributed by atoms with E-state index in [9.17, 15) is 5.11 Å². The molecular weight excluding hydrogens is 843 g/mol. The molecule has 0 radical (unpaired) electrons. The summed E-state index contributed by atoms with van der Waals surface area (Å²) in [6, 6.07) is 3.65. The van der Waals surface area contributed by atoms with Gasteiger partial charge in [0.15, 0.2) is 6.43 Å². The number of halogens is 9. The van der Waals surface area contributed by atoms with E-state index < -0.39 is 6.43 Å². The molecule has 1 rings (SSSR count). The van der Waals surface area contributed by atoms with Gasteiger partial charge in [-0.3, -0.25) is 0 Å². The molecule has 0 aliphatic carbocycles. The van der Waals surface area contributed by atoms with Gasteiger partial charge in [-0.05, 0) is 17.7 Å². The Morgan fingerprint density at radius 3 is 1.16 bits per heavy atom. The van der Waals surface area contributed by atoms with Crippen LogP contribution in [-0.4, -0.2) is 5.11 Å². The number of phenolic OH excluding ortho intramolecular Hbond substituents is 1. The lowest BCUT2D eigenvalue weighted by Crippen LogP contribution is -2.10. The van der Waals surface area contributed by atoms with Crippen LogP contribution in [0.25, 0.3) is 0 Å². The fourth-order valence-electron chi connectivity index (χ4n) is 1.23. The van der Waals surface area contributed by atoms with Gasteiger partial charge in [0.2, 0.25) is 0 Å². The van der Waals surface area contributed by atoms with Crippen molar-refractivity contribution >= 4 is 143 Å². The zero-order valence-corrected chi connectivity index (χ0v) is 22.8. The van der Waals surface area contributed by atoms with Crippen LogP contribution in [-0.2, 0) is 6.43 Å². The molecule has 1 nitrogen and oxygen atoms in total. The minimum Gasteiger partial charge on any atom is -0.507 e. The van der Waals surface area contributed by atoms with Crippen molar-refractivity contribution in [3.63, 3.8) is 0 Å². The van der Waals surface area contributed by atoms with E-state index in [0.717, 1.165) is 5.56 Å². The Hall–Kier alpha value is 3.34. The van der Waals surface area contributed by atoms with E-state index in [1.165, 1.54) is 0 Å². The van der Waals surface area contributed by atoms with Crippen LogP contribution in [0, 0.1) is 0 Å². The van der Waals surface area contributed by atoms with Gasteiger partial charge in [0.1, 0.15) is 5.75 Å². The summed E-state index contributed by atoms with van der Waals surface area (Å²) in [6.07, 6.45) is 0. The Kier molecular flexibility index (Phi) is 7.58. The van der Waals surface area contributed by atoms with E-state index in [2.05, 4.69) is 143 Å². The van der Waals surface area contributed by atoms with E-state index in [0.29, 0.717) is 11.1 Å². The molecule has 108 valence electrons. The number of aromatic hydroxyl groups is 1. The normalized spacial score (nSPS) is 13.7. The van der Waals surface area contributed by atoms with Crippen molar-refractivity contribution in [3.8, 4) is 5.75 Å². The second-order valence-corrected chi connectivity index (χ2v) is 23.7. The smallest absolute Gasteiger partial charge is 0.163 e. The van der Waals surface area contributed by atoms with Crippen molar-refractivity contribution in [2.24, 2.45) is 0 Å². The predicted molar refractivity (Wildman–Crippen MR) is 113 cm³/mol. The minimum atomic E-state index is -0.738. The van der Waals surface area contributed by atoms with Crippen LogP contribution in [0.1, 0.15) is 16.7 Å². The van der Waals surface area contributed by atoms with Gasteiger partial charge >= 0.3 is 0 Å². The van der Waals surface area contributed by atoms with Crippen molar-refractivity contribution in [2.45, 2.75) is 6.43 Å². The number of hydrogen-bond acceptors (Lipinski definition) is 1. The number of hydrogen-bond donors (Lipinski definition) is 1. The summed E-state index contributed by atoms with van der Waals surface area (Å²) in [5.74, 6) is 0.122. The standard InChI is InChI=1S/C9H3Br9O/c10-7(11,12)3-1-4(8(13,14)15)6(19)5(2-3)9(16,17)18/h1-2,19H. The molecule has 0 aliphatic heterocycles. The summed E-state index contributed by atoms with van der Waals surface area (Å²) < 4.78 is -2.07. The third-order valence-electron chi connectivity index (χ3n) is 2.05. The van der Waals surface area contributed by atoms with Crippen LogP contribution in [0.15, 0.2) is 12.1 Å². The van der Waals surface area contributed by atoms with Crippen molar-refractivity contribution in [2.75, 3.05) is 0 Å². The fourth-order valence-corrected chi connectivity index (χ4v) is 3.73. The monoisotopic (exact) mass is 837 g/mol. The third-order valence-corrected chi connectivity index (χ3v) is 5.98. The van der Waals surface area contributed by atoms with Gasteiger partial charge in [-0.15, -0.1) is 0 Å². The van der Waals surface area contributed by atoms with Crippen LogP contribution in [0.3, 0.4) is 0 Å². The van der Waals surface area contributed by atoms with Crippen LogP contribution in [0.4, 0.5) is 0 Å². The molecular formula is C9H3Br9O. The lowest BCUT2D eigenvalue weighted by atomic mass is 10.1. The van der Waals surface area contributed by atoms with Gasteiger partial charge in [0, 0.05) is 11.1 Å². The topological polar surface area (TPSA) is 20.2 Å². The van der Waals surface area contributed by atoms with E-state index in [1.54, 1.807) is 0 Å². The molecule has 1 N–H and O–H groups in total. The molecule has 0 saturated carbocycles. The van der Waals surface area contributed by atoms with E-state index in [-0.39, 0.29) is 5.75 Å². The molecule has 0 heterocycles. The van der Waals surface area contributed by atoms with E-state index in [1.807, 2.05) is 12.1 Å². The van der Waals surface area contributed by atoms with Crippen molar-refractivity contribution in [1.29, 1.82) is 0 Å². The zero-order chi connectivity index (χ0) is 15.2. The Morgan fingerprint density at radius 2 is 0.947 bits per heavy atom. The summed E-state index contributed by atoms with van der Waals surface area (Å²) in [7, 11) is 0. The Bertz CT molecular complexity index is 445. The molecule has 0 aliphatic rings. The van der Waals surface area contributed by atoms with E-state index in [4.69, 9.17) is 0 Å². The zero-order valence-electron chi connectivity index (χ0n) is 8.50. The molecule has 1 aromatic carbocycles. The second kappa shape index (κ2) is 7.07. The van der Waals surface area contributed by atoms with Crippen molar-refractivity contribution in [3.05, 3.63) is 28.8 Å². The molecule has 0 saturated heterocycles. The summed E-state index contributed by atoms with van der Waals surface area (Å²) in [5.41, 5.74) is 2.09. The predicted octanol–water partition coefficient (Wildman–Crippen LogP) is 8.28. The molecule has 1 aromatic rings. The van der Waals surface area contributed by atoms with E-state index >= 15 is 0 Å². The SMILES string of the molecule is Oc1c(C(Br)(Br)Br)cc(C(Br)(Br)Br)cc1C(Br)(Br)Br. The minimum absolute atomic E-state index is 0.122. The average molecular weight is 846 g/mol. The number of phenols is 1. The van der Waals surface area contributed by atoms with Gasteiger partial charge in [-0.25, -0.2) is 0 Å². The first-order chi connectivity index (χ1) is 8.24. The lowest BCUT2D eigenvalue weighted by molar-refractivity contribution is 0.464. The second-order valence-electron chi connectivity index (χ2n) is 3.41. The number of benzene rings is 1. The molecule has 0 aromatic heterocycles. The molecule has 0 fully saturated rings. The maximum atomic E-state index is 10.4. The van der Waals surface area contributed by atoms with Crippen molar-refractivity contribution < 1.29 is 5.11 Å². The largest absolute Gasteiger partial charge is 0.507 e. The molecule has 0 unspecified atom stereocenters. The first-order valence-electron chi connectivity index (χ1n) is 4.33. The van der Waals surface area contributed by atoms with Crippen LogP contribution >= 0.6 is 143 Å². The van der Waals surface area contributed by atoms with Gasteiger partial charge in [-0.2, -0.15) is 0 Å². The van der Waals surface area contributed by atoms with Crippen LogP contribution in [0.5, 0.6) is 5.75 Å². The Morgan fingerprint density at radius 1 is 0.632 bits per heavy atom. The number of alkyl halides is 9. The molecule has 0 bridgehead atoms. The highest BCUT2D eigenvalue weighted by atomic mass is 80.0. The third kappa shape index (κ3) is 5.72. The molecule has 0 amide bonds. The lowest BCUT2D eigenvalue weighted by Gasteiger charge is -2.24. The quantitative estimate of drug-likeness (QED) is 0.261. The fraction of sp³-hybridized carbons (Fsp3) is 0.333. The summed E-state index contributed by atoms with van der Waals surface area (Å²) in [4.78, 5) is 0.